The molecule has 1 atom stereocenters. The molecule has 0 radical (unpaired) electrons. The van der Waals surface area contributed by atoms with Crippen molar-refractivity contribution in [2.24, 2.45) is 0 Å². The molecule has 0 saturated heterocycles. The third-order valence-electron chi connectivity index (χ3n) is 5.87. The summed E-state index contributed by atoms with van der Waals surface area (Å²) in [4.78, 5) is 28.0. The number of nitrogens with zero attached hydrogens (tertiary/aromatic N) is 1. The molecule has 1 saturated carbocycles. The number of rotatable bonds is 9. The van der Waals surface area contributed by atoms with Crippen molar-refractivity contribution in [2.75, 3.05) is 6.61 Å². The van der Waals surface area contributed by atoms with Crippen molar-refractivity contribution < 1.29 is 14.3 Å². The van der Waals surface area contributed by atoms with Gasteiger partial charge in [-0.3, -0.25) is 9.59 Å². The first-order valence-corrected chi connectivity index (χ1v) is 11.8. The lowest BCUT2D eigenvalue weighted by molar-refractivity contribution is -0.143. The van der Waals surface area contributed by atoms with Gasteiger partial charge in [0.15, 0.2) is 6.61 Å². The van der Waals surface area contributed by atoms with Crippen LogP contribution in [-0.4, -0.2) is 35.4 Å². The lowest BCUT2D eigenvalue weighted by Gasteiger charge is -2.31. The van der Waals surface area contributed by atoms with Crippen LogP contribution in [0.4, 0.5) is 0 Å². The van der Waals surface area contributed by atoms with Gasteiger partial charge in [0, 0.05) is 17.1 Å². The van der Waals surface area contributed by atoms with E-state index in [9.17, 15) is 9.59 Å². The van der Waals surface area contributed by atoms with Gasteiger partial charge in [-0.25, -0.2) is 0 Å². The van der Waals surface area contributed by atoms with E-state index in [0.717, 1.165) is 41.3 Å². The SMILES string of the molecule is CC[C@@H](C(=O)NC1CCCC1)N(Cc1ccccc1C)C(=O)COc1ccc(Br)cc1. The second kappa shape index (κ2) is 11.3. The molecule has 0 unspecified atom stereocenters. The number of nitrogens with one attached hydrogen (secondary N) is 1. The van der Waals surface area contributed by atoms with Gasteiger partial charge in [-0.1, -0.05) is 60.0 Å². The normalized spacial score (nSPS) is 14.8. The van der Waals surface area contributed by atoms with E-state index in [1.165, 1.54) is 0 Å². The zero-order valence-corrected chi connectivity index (χ0v) is 19.9. The van der Waals surface area contributed by atoms with E-state index in [1.54, 1.807) is 4.90 Å². The molecule has 31 heavy (non-hydrogen) atoms. The highest BCUT2D eigenvalue weighted by Crippen LogP contribution is 2.21. The van der Waals surface area contributed by atoms with Crippen LogP contribution in [0.15, 0.2) is 53.0 Å². The van der Waals surface area contributed by atoms with Crippen LogP contribution < -0.4 is 10.1 Å². The Kier molecular flexibility index (Phi) is 8.52. The smallest absolute Gasteiger partial charge is 0.261 e. The number of amides is 2. The number of hydrogen-bond donors (Lipinski definition) is 1. The lowest BCUT2D eigenvalue weighted by Crippen LogP contribution is -2.52. The van der Waals surface area contributed by atoms with Gasteiger partial charge in [0.25, 0.3) is 5.91 Å². The zero-order chi connectivity index (χ0) is 22.2. The van der Waals surface area contributed by atoms with Gasteiger partial charge in [-0.05, 0) is 61.6 Å². The Morgan fingerprint density at radius 3 is 2.45 bits per heavy atom. The molecule has 1 aliphatic carbocycles. The molecule has 0 spiro atoms. The third-order valence-corrected chi connectivity index (χ3v) is 6.39. The molecule has 0 aromatic heterocycles. The van der Waals surface area contributed by atoms with Crippen LogP contribution >= 0.6 is 15.9 Å². The van der Waals surface area contributed by atoms with Crippen molar-refractivity contribution in [1.82, 2.24) is 10.2 Å². The standard InChI is InChI=1S/C25H31BrN2O3/c1-3-23(25(30)27-21-10-6-7-11-21)28(16-19-9-5-4-8-18(19)2)24(29)17-31-22-14-12-20(26)13-15-22/h4-5,8-9,12-15,21,23H,3,6-7,10-11,16-17H2,1-2H3,(H,27,30)/t23-/m0/s1. The fourth-order valence-corrected chi connectivity index (χ4v) is 4.28. The van der Waals surface area contributed by atoms with E-state index in [-0.39, 0.29) is 24.5 Å². The molecule has 1 aliphatic rings. The van der Waals surface area contributed by atoms with E-state index in [4.69, 9.17) is 4.74 Å². The monoisotopic (exact) mass is 486 g/mol. The van der Waals surface area contributed by atoms with Gasteiger partial charge in [-0.15, -0.1) is 0 Å². The summed E-state index contributed by atoms with van der Waals surface area (Å²) >= 11 is 3.40. The van der Waals surface area contributed by atoms with E-state index >= 15 is 0 Å². The fourth-order valence-electron chi connectivity index (χ4n) is 4.02. The summed E-state index contributed by atoms with van der Waals surface area (Å²) in [7, 11) is 0. The van der Waals surface area contributed by atoms with E-state index in [1.807, 2.05) is 62.4 Å². The van der Waals surface area contributed by atoms with Crippen LogP contribution in [0, 0.1) is 6.92 Å². The molecule has 0 bridgehead atoms. The van der Waals surface area contributed by atoms with Crippen LogP contribution in [0.1, 0.15) is 50.2 Å². The Morgan fingerprint density at radius 2 is 1.81 bits per heavy atom. The summed E-state index contributed by atoms with van der Waals surface area (Å²) in [5, 5.41) is 3.17. The van der Waals surface area contributed by atoms with Crippen LogP contribution in [-0.2, 0) is 16.1 Å². The summed E-state index contributed by atoms with van der Waals surface area (Å²) in [6.45, 7) is 4.25. The van der Waals surface area contributed by atoms with Crippen molar-refractivity contribution >= 4 is 27.7 Å². The first kappa shape index (κ1) is 23.3. The number of aryl methyl sites for hydroxylation is 1. The Balaban J connectivity index is 1.76. The second-order valence-electron chi connectivity index (χ2n) is 8.10. The average molecular weight is 487 g/mol. The molecule has 2 aromatic rings. The third kappa shape index (κ3) is 6.57. The maximum atomic E-state index is 13.3. The Hall–Kier alpha value is -2.34. The number of ether oxygens (including phenoxy) is 1. The second-order valence-corrected chi connectivity index (χ2v) is 9.02. The van der Waals surface area contributed by atoms with Crippen LogP contribution in [0.3, 0.4) is 0 Å². The lowest BCUT2D eigenvalue weighted by atomic mass is 10.1. The molecular weight excluding hydrogens is 456 g/mol. The van der Waals surface area contributed by atoms with Gasteiger partial charge >= 0.3 is 0 Å². The summed E-state index contributed by atoms with van der Waals surface area (Å²) in [6, 6.07) is 15.0. The zero-order valence-electron chi connectivity index (χ0n) is 18.3. The summed E-state index contributed by atoms with van der Waals surface area (Å²) in [5.41, 5.74) is 2.13. The van der Waals surface area contributed by atoms with Gasteiger partial charge in [0.05, 0.1) is 0 Å². The summed E-state index contributed by atoms with van der Waals surface area (Å²) in [6.07, 6.45) is 4.87. The van der Waals surface area contributed by atoms with Gasteiger partial charge in [-0.2, -0.15) is 0 Å². The maximum Gasteiger partial charge on any atom is 0.261 e. The molecule has 1 fully saturated rings. The summed E-state index contributed by atoms with van der Waals surface area (Å²) < 4.78 is 6.68. The minimum atomic E-state index is -0.527. The van der Waals surface area contributed by atoms with E-state index in [0.29, 0.717) is 18.7 Å². The van der Waals surface area contributed by atoms with Gasteiger partial charge in [0.2, 0.25) is 5.91 Å². The number of hydrogen-bond acceptors (Lipinski definition) is 3. The molecule has 5 nitrogen and oxygen atoms in total. The fraction of sp³-hybridized carbons (Fsp3) is 0.440. The van der Waals surface area contributed by atoms with Crippen LogP contribution in [0.2, 0.25) is 0 Å². The molecule has 3 rings (SSSR count). The minimum absolute atomic E-state index is 0.0695. The Morgan fingerprint density at radius 1 is 1.13 bits per heavy atom. The highest BCUT2D eigenvalue weighted by Gasteiger charge is 2.31. The van der Waals surface area contributed by atoms with Gasteiger partial charge < -0.3 is 15.0 Å². The van der Waals surface area contributed by atoms with Crippen molar-refractivity contribution in [1.29, 1.82) is 0 Å². The van der Waals surface area contributed by atoms with Crippen LogP contribution in [0.25, 0.3) is 0 Å². The van der Waals surface area contributed by atoms with E-state index in [2.05, 4.69) is 21.2 Å². The number of halogens is 1. The molecule has 166 valence electrons. The van der Waals surface area contributed by atoms with Crippen molar-refractivity contribution in [3.8, 4) is 5.75 Å². The topological polar surface area (TPSA) is 58.6 Å². The Bertz CT molecular complexity index is 879. The minimum Gasteiger partial charge on any atom is -0.484 e. The largest absolute Gasteiger partial charge is 0.484 e. The number of carbonyl (C=O) groups excluding carboxylic acids is 2. The Labute approximate surface area is 193 Å². The average Bonchev–Trinajstić information content (AvgIpc) is 3.27. The maximum absolute atomic E-state index is 13.3. The predicted molar refractivity (Wildman–Crippen MR) is 126 cm³/mol. The molecular formula is C25H31BrN2O3. The number of carbonyl (C=O) groups is 2. The quantitative estimate of drug-likeness (QED) is 0.542. The van der Waals surface area contributed by atoms with Crippen LogP contribution in [0.5, 0.6) is 5.75 Å². The molecule has 2 aromatic carbocycles. The van der Waals surface area contributed by atoms with Crippen molar-refractivity contribution in [3.05, 3.63) is 64.1 Å². The van der Waals surface area contributed by atoms with Gasteiger partial charge in [0.1, 0.15) is 11.8 Å². The van der Waals surface area contributed by atoms with Crippen molar-refractivity contribution in [3.63, 3.8) is 0 Å². The molecule has 0 heterocycles. The highest BCUT2D eigenvalue weighted by molar-refractivity contribution is 9.10. The first-order chi connectivity index (χ1) is 15.0. The molecule has 1 N–H and O–H groups in total. The molecule has 0 aliphatic heterocycles. The molecule has 2 amide bonds. The van der Waals surface area contributed by atoms with Crippen molar-refractivity contribution in [2.45, 2.75) is 64.6 Å². The van der Waals surface area contributed by atoms with E-state index < -0.39 is 6.04 Å². The predicted octanol–water partition coefficient (Wildman–Crippen LogP) is 5.00. The highest BCUT2D eigenvalue weighted by atomic mass is 79.9. The summed E-state index contributed by atoms with van der Waals surface area (Å²) in [5.74, 6) is 0.357. The number of benzene rings is 2. The first-order valence-electron chi connectivity index (χ1n) is 11.0. The molecule has 6 heteroatoms.